The Bertz CT molecular complexity index is 120. The molecule has 0 unspecified atom stereocenters. The molecule has 0 aliphatic rings. The van der Waals surface area contributed by atoms with Gasteiger partial charge < -0.3 is 0 Å². The first-order valence-corrected chi connectivity index (χ1v) is 2.82. The van der Waals surface area contributed by atoms with Crippen LogP contribution in [0.1, 0.15) is 0 Å². The van der Waals surface area contributed by atoms with Crippen LogP contribution in [-0.4, -0.2) is 52.2 Å². The standard InChI is InChI=1S/C2H6O4S.Na.H2S.H/c1-5-7(3,4)6-2;;;/h1-2H3;;1H2;. The van der Waals surface area contributed by atoms with Gasteiger partial charge in [0, 0.05) is 0 Å². The van der Waals surface area contributed by atoms with Crippen molar-refractivity contribution in [2.24, 2.45) is 0 Å². The zero-order chi connectivity index (χ0) is 5.91. The molecular weight excluding hydrogens is 175 g/mol. The van der Waals surface area contributed by atoms with E-state index in [4.69, 9.17) is 0 Å². The van der Waals surface area contributed by atoms with Crippen molar-refractivity contribution < 1.29 is 16.8 Å². The first-order chi connectivity index (χ1) is 3.12. The third kappa shape index (κ3) is 9.22. The van der Waals surface area contributed by atoms with E-state index in [0.29, 0.717) is 0 Å². The van der Waals surface area contributed by atoms with Crippen molar-refractivity contribution in [3.05, 3.63) is 0 Å². The van der Waals surface area contributed by atoms with E-state index in [1.165, 1.54) is 0 Å². The molecule has 0 atom stereocenters. The maximum atomic E-state index is 9.92. The van der Waals surface area contributed by atoms with Crippen LogP contribution in [0.5, 0.6) is 0 Å². The third-order valence-electron chi connectivity index (χ3n) is 0.408. The molecule has 0 aromatic heterocycles. The Hall–Kier alpha value is 1.22. The van der Waals surface area contributed by atoms with E-state index in [2.05, 4.69) is 8.37 Å². The van der Waals surface area contributed by atoms with Gasteiger partial charge in [0.05, 0.1) is 14.2 Å². The second-order valence-electron chi connectivity index (χ2n) is 0.742. The Morgan fingerprint density at radius 1 is 1.11 bits per heavy atom. The van der Waals surface area contributed by atoms with Gasteiger partial charge in [0.15, 0.2) is 0 Å². The molecule has 0 aliphatic heterocycles. The summed E-state index contributed by atoms with van der Waals surface area (Å²) in [6.45, 7) is 0. The monoisotopic (exact) mass is 184 g/mol. The summed E-state index contributed by atoms with van der Waals surface area (Å²) in [6.07, 6.45) is 0. The van der Waals surface area contributed by atoms with E-state index < -0.39 is 10.4 Å². The van der Waals surface area contributed by atoms with Crippen LogP contribution in [0.4, 0.5) is 0 Å². The van der Waals surface area contributed by atoms with Crippen molar-refractivity contribution in [1.82, 2.24) is 0 Å². The molecule has 0 bridgehead atoms. The molecule has 9 heavy (non-hydrogen) atoms. The second kappa shape index (κ2) is 7.33. The van der Waals surface area contributed by atoms with Gasteiger partial charge in [-0.15, -0.1) is 0 Å². The summed E-state index contributed by atoms with van der Waals surface area (Å²) in [4.78, 5) is 0. The fourth-order valence-corrected chi connectivity index (χ4v) is 0.204. The Balaban J connectivity index is -0.000000180. The van der Waals surface area contributed by atoms with Crippen LogP contribution < -0.4 is 0 Å². The van der Waals surface area contributed by atoms with Crippen LogP contribution in [0.15, 0.2) is 0 Å². The third-order valence-corrected chi connectivity index (χ3v) is 1.22. The van der Waals surface area contributed by atoms with Crippen LogP contribution in [-0.2, 0) is 18.8 Å². The molecule has 4 nitrogen and oxygen atoms in total. The normalized spacial score (nSPS) is 9.11. The molecule has 54 valence electrons. The van der Waals surface area contributed by atoms with Crippen molar-refractivity contribution in [2.75, 3.05) is 14.2 Å². The number of hydrogen-bond donors (Lipinski definition) is 0. The molecule has 0 N–H and O–H groups in total. The van der Waals surface area contributed by atoms with Crippen LogP contribution >= 0.6 is 13.5 Å². The van der Waals surface area contributed by atoms with E-state index >= 15 is 0 Å². The molecule has 0 rings (SSSR count). The van der Waals surface area contributed by atoms with Crippen LogP contribution in [0.25, 0.3) is 0 Å². The summed E-state index contributed by atoms with van der Waals surface area (Å²) in [6, 6.07) is 0. The molecule has 0 aromatic rings. The number of rotatable bonds is 2. The van der Waals surface area contributed by atoms with Crippen molar-refractivity contribution in [1.29, 1.82) is 0 Å². The molecule has 0 amide bonds. The van der Waals surface area contributed by atoms with E-state index in [9.17, 15) is 8.42 Å². The Morgan fingerprint density at radius 3 is 1.33 bits per heavy atom. The molecule has 0 fully saturated rings. The molecule has 0 spiro atoms. The molecule has 0 aromatic carbocycles. The second-order valence-corrected chi connectivity index (χ2v) is 2.22. The predicted octanol–water partition coefficient (Wildman–Crippen LogP) is -1.01. The van der Waals surface area contributed by atoms with Gasteiger partial charge in [0.2, 0.25) is 0 Å². The van der Waals surface area contributed by atoms with Crippen molar-refractivity contribution in [3.63, 3.8) is 0 Å². The average molecular weight is 184 g/mol. The van der Waals surface area contributed by atoms with Crippen LogP contribution in [0, 0.1) is 0 Å². The minimum atomic E-state index is -3.66. The van der Waals surface area contributed by atoms with Gasteiger partial charge in [0.25, 0.3) is 0 Å². The fourth-order valence-electron chi connectivity index (χ4n) is 0.0680. The topological polar surface area (TPSA) is 52.6 Å². The summed E-state index contributed by atoms with van der Waals surface area (Å²) in [5.41, 5.74) is 0. The molecule has 7 heteroatoms. The Morgan fingerprint density at radius 2 is 1.33 bits per heavy atom. The predicted molar refractivity (Wildman–Crippen MR) is 40.5 cm³/mol. The summed E-state index contributed by atoms with van der Waals surface area (Å²) >= 11 is 0. The van der Waals surface area contributed by atoms with Gasteiger partial charge in [-0.3, -0.25) is 8.37 Å². The Kier molecular flexibility index (Phi) is 13.6. The molecule has 0 saturated heterocycles. The minimum absolute atomic E-state index is 0. The first-order valence-electron chi connectivity index (χ1n) is 1.48. The maximum absolute atomic E-state index is 9.92. The zero-order valence-corrected chi connectivity index (χ0v) is 6.36. The fraction of sp³-hybridized carbons (Fsp3) is 1.00. The number of hydrogen-bond acceptors (Lipinski definition) is 4. The molecule has 0 aliphatic carbocycles. The van der Waals surface area contributed by atoms with Crippen LogP contribution in [0.2, 0.25) is 0 Å². The molecular formula is C2H9NaO4S2. The summed E-state index contributed by atoms with van der Waals surface area (Å²) in [5.74, 6) is 0. The van der Waals surface area contributed by atoms with E-state index in [1.807, 2.05) is 0 Å². The van der Waals surface area contributed by atoms with Gasteiger partial charge in [0.1, 0.15) is 0 Å². The van der Waals surface area contributed by atoms with Crippen LogP contribution in [0.3, 0.4) is 0 Å². The quantitative estimate of drug-likeness (QED) is 0.516. The molecule has 0 saturated carbocycles. The van der Waals surface area contributed by atoms with E-state index in [1.54, 1.807) is 0 Å². The summed E-state index contributed by atoms with van der Waals surface area (Å²) in [7, 11) is -1.60. The van der Waals surface area contributed by atoms with Gasteiger partial charge in [-0.05, 0) is 0 Å². The van der Waals surface area contributed by atoms with Crippen molar-refractivity contribution >= 4 is 53.5 Å². The van der Waals surface area contributed by atoms with Crippen molar-refractivity contribution in [2.45, 2.75) is 0 Å². The van der Waals surface area contributed by atoms with Gasteiger partial charge in [-0.2, -0.15) is 21.9 Å². The van der Waals surface area contributed by atoms with Gasteiger partial charge in [-0.1, -0.05) is 0 Å². The van der Waals surface area contributed by atoms with Gasteiger partial charge in [-0.25, -0.2) is 0 Å². The van der Waals surface area contributed by atoms with E-state index in [0.717, 1.165) is 14.2 Å². The zero-order valence-electron chi connectivity index (χ0n) is 4.54. The summed E-state index contributed by atoms with van der Waals surface area (Å²) in [5, 5.41) is 0. The molecule has 0 heterocycles. The van der Waals surface area contributed by atoms with Gasteiger partial charge >= 0.3 is 40.0 Å². The van der Waals surface area contributed by atoms with Crippen molar-refractivity contribution in [3.8, 4) is 0 Å². The van der Waals surface area contributed by atoms with E-state index in [-0.39, 0.29) is 43.1 Å². The molecule has 0 radical (unpaired) electrons. The SMILES string of the molecule is COS(=O)(=O)OC.S.[NaH]. The average Bonchev–Trinajstić information content (AvgIpc) is 1.68. The first kappa shape index (κ1) is 16.7. The summed E-state index contributed by atoms with van der Waals surface area (Å²) < 4.78 is 27.5. The Labute approximate surface area is 84.0 Å².